The van der Waals surface area contributed by atoms with Crippen LogP contribution in [0.4, 0.5) is 10.2 Å². The average Bonchev–Trinajstić information content (AvgIpc) is 2.98. The minimum atomic E-state index is -0.186. The molecule has 0 N–H and O–H groups in total. The zero-order valence-corrected chi connectivity index (χ0v) is 17.0. The Hall–Kier alpha value is -2.86. The van der Waals surface area contributed by atoms with Crippen LogP contribution in [0.2, 0.25) is 0 Å². The van der Waals surface area contributed by atoms with E-state index < -0.39 is 0 Å². The number of aryl methyl sites for hydroxylation is 1. The molecule has 5 nitrogen and oxygen atoms in total. The van der Waals surface area contributed by atoms with E-state index in [-0.39, 0.29) is 5.82 Å². The van der Waals surface area contributed by atoms with Gasteiger partial charge in [-0.3, -0.25) is 9.88 Å². The minimum absolute atomic E-state index is 0.186. The van der Waals surface area contributed by atoms with Crippen molar-refractivity contribution in [1.29, 1.82) is 0 Å². The Balaban J connectivity index is 1.51. The predicted octanol–water partition coefficient (Wildman–Crippen LogP) is 4.01. The van der Waals surface area contributed by atoms with Gasteiger partial charge in [-0.05, 0) is 50.1 Å². The Bertz CT molecular complexity index is 959. The fraction of sp³-hybridized carbons (Fsp3) is 0.348. The summed E-state index contributed by atoms with van der Waals surface area (Å²) in [5.41, 5.74) is 4.05. The molecule has 0 saturated carbocycles. The highest BCUT2D eigenvalue weighted by Crippen LogP contribution is 2.25. The first kappa shape index (κ1) is 19.5. The van der Waals surface area contributed by atoms with E-state index in [9.17, 15) is 4.39 Å². The van der Waals surface area contributed by atoms with Crippen molar-refractivity contribution in [2.75, 3.05) is 31.1 Å². The van der Waals surface area contributed by atoms with Gasteiger partial charge in [-0.15, -0.1) is 0 Å². The molecule has 1 aliphatic heterocycles. The first-order valence-electron chi connectivity index (χ1n) is 10.1. The quantitative estimate of drug-likeness (QED) is 0.673. The van der Waals surface area contributed by atoms with E-state index >= 15 is 0 Å². The maximum atomic E-state index is 13.2. The monoisotopic (exact) mass is 391 g/mol. The highest BCUT2D eigenvalue weighted by atomic mass is 19.1. The van der Waals surface area contributed by atoms with Crippen LogP contribution < -0.4 is 4.90 Å². The Morgan fingerprint density at radius 2 is 1.76 bits per heavy atom. The number of anilines is 1. The summed E-state index contributed by atoms with van der Waals surface area (Å²) in [7, 11) is 0. The van der Waals surface area contributed by atoms with Gasteiger partial charge in [0.15, 0.2) is 5.82 Å². The summed E-state index contributed by atoms with van der Waals surface area (Å²) < 4.78 is 13.2. The topological polar surface area (TPSA) is 45.2 Å². The summed E-state index contributed by atoms with van der Waals surface area (Å²) in [5.74, 6) is 1.49. The second-order valence-electron chi connectivity index (χ2n) is 7.54. The molecule has 0 bridgehead atoms. The van der Waals surface area contributed by atoms with E-state index in [1.165, 1.54) is 12.1 Å². The van der Waals surface area contributed by atoms with Gasteiger partial charge in [-0.2, -0.15) is 0 Å². The predicted molar refractivity (Wildman–Crippen MR) is 113 cm³/mol. The number of pyridine rings is 1. The van der Waals surface area contributed by atoms with Crippen molar-refractivity contribution in [2.45, 2.75) is 26.8 Å². The van der Waals surface area contributed by atoms with Crippen LogP contribution in [0.1, 0.15) is 23.2 Å². The Kier molecular flexibility index (Phi) is 5.81. The van der Waals surface area contributed by atoms with Gasteiger partial charge in [0.1, 0.15) is 17.3 Å². The maximum absolute atomic E-state index is 13.2. The summed E-state index contributed by atoms with van der Waals surface area (Å²) in [6.07, 6.45) is 2.83. The number of halogens is 1. The van der Waals surface area contributed by atoms with Crippen molar-refractivity contribution in [1.82, 2.24) is 19.9 Å². The SMILES string of the molecule is Cc1nc(-c2ccccn2)nc(N2CCCN(Cc3ccc(F)cc3)CC2)c1C. The van der Waals surface area contributed by atoms with Crippen LogP contribution in [-0.4, -0.2) is 46.0 Å². The molecular formula is C23H26FN5. The van der Waals surface area contributed by atoms with Gasteiger partial charge in [-0.1, -0.05) is 18.2 Å². The van der Waals surface area contributed by atoms with Gasteiger partial charge in [0.2, 0.25) is 0 Å². The summed E-state index contributed by atoms with van der Waals surface area (Å²) in [6, 6.07) is 12.6. The molecule has 3 aromatic rings. The lowest BCUT2D eigenvalue weighted by molar-refractivity contribution is 0.285. The summed E-state index contributed by atoms with van der Waals surface area (Å²) in [4.78, 5) is 18.7. The van der Waals surface area contributed by atoms with Crippen molar-refractivity contribution in [2.24, 2.45) is 0 Å². The number of hydrogen-bond acceptors (Lipinski definition) is 5. The van der Waals surface area contributed by atoms with Crippen molar-refractivity contribution in [3.05, 3.63) is 71.3 Å². The molecule has 150 valence electrons. The maximum Gasteiger partial charge on any atom is 0.180 e. The fourth-order valence-corrected chi connectivity index (χ4v) is 3.72. The Morgan fingerprint density at radius 3 is 2.52 bits per heavy atom. The zero-order chi connectivity index (χ0) is 20.2. The normalized spacial score (nSPS) is 15.3. The number of hydrogen-bond donors (Lipinski definition) is 0. The third-order valence-corrected chi connectivity index (χ3v) is 5.47. The van der Waals surface area contributed by atoms with Crippen LogP contribution in [0.5, 0.6) is 0 Å². The minimum Gasteiger partial charge on any atom is -0.355 e. The van der Waals surface area contributed by atoms with Crippen LogP contribution in [-0.2, 0) is 6.54 Å². The molecule has 1 fully saturated rings. The zero-order valence-electron chi connectivity index (χ0n) is 17.0. The molecular weight excluding hydrogens is 365 g/mol. The second-order valence-corrected chi connectivity index (χ2v) is 7.54. The van der Waals surface area contributed by atoms with Crippen LogP contribution in [0.15, 0.2) is 48.7 Å². The molecule has 29 heavy (non-hydrogen) atoms. The molecule has 1 saturated heterocycles. The van der Waals surface area contributed by atoms with Gasteiger partial charge >= 0.3 is 0 Å². The van der Waals surface area contributed by atoms with Gasteiger partial charge in [0, 0.05) is 50.2 Å². The van der Waals surface area contributed by atoms with Crippen LogP contribution >= 0.6 is 0 Å². The lowest BCUT2D eigenvalue weighted by Gasteiger charge is -2.25. The molecule has 0 unspecified atom stereocenters. The lowest BCUT2D eigenvalue weighted by atomic mass is 10.2. The van der Waals surface area contributed by atoms with Gasteiger partial charge < -0.3 is 4.90 Å². The second kappa shape index (κ2) is 8.66. The van der Waals surface area contributed by atoms with E-state index in [2.05, 4.69) is 26.7 Å². The van der Waals surface area contributed by atoms with Crippen LogP contribution in [0.3, 0.4) is 0 Å². The number of aromatic nitrogens is 3. The molecule has 6 heteroatoms. The molecule has 4 rings (SSSR count). The van der Waals surface area contributed by atoms with Crippen LogP contribution in [0, 0.1) is 19.7 Å². The van der Waals surface area contributed by atoms with Gasteiger partial charge in [-0.25, -0.2) is 14.4 Å². The molecule has 0 atom stereocenters. The van der Waals surface area contributed by atoms with Crippen molar-refractivity contribution in [3.63, 3.8) is 0 Å². The van der Waals surface area contributed by atoms with Crippen molar-refractivity contribution >= 4 is 5.82 Å². The first-order valence-corrected chi connectivity index (χ1v) is 10.1. The summed E-state index contributed by atoms with van der Waals surface area (Å²) >= 11 is 0. The standard InChI is InChI=1S/C23H26FN5/c1-17-18(2)26-22(21-6-3-4-11-25-21)27-23(17)29-13-5-12-28(14-15-29)16-19-7-9-20(24)10-8-19/h3-4,6-11H,5,12-16H2,1-2H3. The average molecular weight is 391 g/mol. The molecule has 1 aliphatic rings. The van der Waals surface area contributed by atoms with E-state index in [0.717, 1.165) is 67.5 Å². The van der Waals surface area contributed by atoms with Crippen molar-refractivity contribution < 1.29 is 4.39 Å². The van der Waals surface area contributed by atoms with E-state index in [1.54, 1.807) is 6.20 Å². The number of nitrogens with zero attached hydrogens (tertiary/aromatic N) is 5. The Morgan fingerprint density at radius 1 is 0.931 bits per heavy atom. The number of rotatable bonds is 4. The highest BCUT2D eigenvalue weighted by molar-refractivity contribution is 5.57. The largest absolute Gasteiger partial charge is 0.355 e. The summed E-state index contributed by atoms with van der Waals surface area (Å²) in [6.45, 7) is 8.79. The van der Waals surface area contributed by atoms with Crippen LogP contribution in [0.25, 0.3) is 11.5 Å². The fourth-order valence-electron chi connectivity index (χ4n) is 3.72. The molecule has 0 aliphatic carbocycles. The molecule has 0 radical (unpaired) electrons. The third-order valence-electron chi connectivity index (χ3n) is 5.47. The third kappa shape index (κ3) is 4.59. The van der Waals surface area contributed by atoms with Gasteiger partial charge in [0.25, 0.3) is 0 Å². The smallest absolute Gasteiger partial charge is 0.180 e. The number of benzene rings is 1. The van der Waals surface area contributed by atoms with Gasteiger partial charge in [0.05, 0.1) is 0 Å². The lowest BCUT2D eigenvalue weighted by Crippen LogP contribution is -2.31. The molecule has 0 spiro atoms. The van der Waals surface area contributed by atoms with E-state index in [1.807, 2.05) is 37.3 Å². The van der Waals surface area contributed by atoms with Crippen molar-refractivity contribution in [3.8, 4) is 11.5 Å². The summed E-state index contributed by atoms with van der Waals surface area (Å²) in [5, 5.41) is 0. The highest BCUT2D eigenvalue weighted by Gasteiger charge is 2.20. The Labute approximate surface area is 171 Å². The first-order chi connectivity index (χ1) is 14.1. The molecule has 1 aromatic carbocycles. The van der Waals surface area contributed by atoms with E-state index in [0.29, 0.717) is 5.82 Å². The van der Waals surface area contributed by atoms with E-state index in [4.69, 9.17) is 4.98 Å². The molecule has 2 aromatic heterocycles. The molecule has 0 amide bonds. The molecule has 3 heterocycles.